The van der Waals surface area contributed by atoms with Gasteiger partial charge in [-0.2, -0.15) is 0 Å². The second-order valence-electron chi connectivity index (χ2n) is 4.35. The zero-order valence-corrected chi connectivity index (χ0v) is 10.3. The van der Waals surface area contributed by atoms with E-state index in [1.54, 1.807) is 13.8 Å². The molecule has 1 aliphatic heterocycles. The van der Waals surface area contributed by atoms with Crippen LogP contribution < -0.4 is 0 Å². The molecule has 0 saturated carbocycles. The molecule has 0 aromatic heterocycles. The number of rotatable bonds is 3. The number of oxime groups is 2. The molecule has 0 bridgehead atoms. The Bertz CT molecular complexity index is 496. The molecule has 94 valence electrons. The topological polar surface area (TPSA) is 60.2 Å². The third-order valence-corrected chi connectivity index (χ3v) is 2.56. The van der Waals surface area contributed by atoms with Crippen molar-refractivity contribution >= 4 is 17.9 Å². The highest BCUT2D eigenvalue weighted by molar-refractivity contribution is 5.92. The second kappa shape index (κ2) is 5.00. The first-order chi connectivity index (χ1) is 8.60. The Morgan fingerprint density at radius 3 is 2.83 bits per heavy atom. The van der Waals surface area contributed by atoms with Crippen LogP contribution >= 0.6 is 0 Å². The van der Waals surface area contributed by atoms with Crippen molar-refractivity contribution in [3.63, 3.8) is 0 Å². The molecule has 1 aromatic rings. The number of benzene rings is 1. The van der Waals surface area contributed by atoms with E-state index in [1.807, 2.05) is 30.3 Å². The van der Waals surface area contributed by atoms with Gasteiger partial charge in [0.15, 0.2) is 0 Å². The summed E-state index contributed by atoms with van der Waals surface area (Å²) in [5.74, 6) is -0.546. The molecule has 18 heavy (non-hydrogen) atoms. The van der Waals surface area contributed by atoms with Gasteiger partial charge in [-0.15, -0.1) is 0 Å². The normalized spacial score (nSPS) is 22.7. The van der Waals surface area contributed by atoms with E-state index in [2.05, 4.69) is 10.3 Å². The Morgan fingerprint density at radius 1 is 1.50 bits per heavy atom. The molecule has 1 aromatic carbocycles. The Labute approximate surface area is 105 Å². The number of carbonyl (C=O) groups excluding carboxylic acids is 1. The van der Waals surface area contributed by atoms with E-state index >= 15 is 0 Å². The molecular weight excluding hydrogens is 232 g/mol. The highest BCUT2D eigenvalue weighted by Crippen LogP contribution is 2.24. The molecule has 0 spiro atoms. The van der Waals surface area contributed by atoms with Crippen LogP contribution in [0.2, 0.25) is 0 Å². The maximum atomic E-state index is 11.8. The molecule has 1 heterocycles. The summed E-state index contributed by atoms with van der Waals surface area (Å²) in [6, 6.07) is 9.37. The maximum Gasteiger partial charge on any atom is 0.381 e. The quantitative estimate of drug-likeness (QED) is 0.466. The minimum absolute atomic E-state index is 0.423. The summed E-state index contributed by atoms with van der Waals surface area (Å²) in [5.41, 5.74) is 0.565. The lowest BCUT2D eigenvalue weighted by Gasteiger charge is -2.16. The molecule has 1 aliphatic rings. The monoisotopic (exact) mass is 246 g/mol. The summed E-state index contributed by atoms with van der Waals surface area (Å²) in [6.07, 6.45) is 1.90. The highest BCUT2D eigenvalue weighted by atomic mass is 16.7. The Morgan fingerprint density at radius 2 is 2.22 bits per heavy atom. The summed E-state index contributed by atoms with van der Waals surface area (Å²) in [6.45, 7) is 3.43. The first kappa shape index (κ1) is 12.3. The van der Waals surface area contributed by atoms with Crippen LogP contribution in [0.4, 0.5) is 0 Å². The van der Waals surface area contributed by atoms with Gasteiger partial charge >= 0.3 is 5.97 Å². The SMILES string of the molecule is CC1=NOC(C)(C(=O)O/N=C/c2ccccc2)C1. The number of hydrogen-bond donors (Lipinski definition) is 0. The Kier molecular flexibility index (Phi) is 3.41. The molecule has 2 rings (SSSR count). The lowest BCUT2D eigenvalue weighted by atomic mass is 10.0. The average molecular weight is 246 g/mol. The van der Waals surface area contributed by atoms with Crippen molar-refractivity contribution in [1.82, 2.24) is 0 Å². The molecule has 1 atom stereocenters. The summed E-state index contributed by atoms with van der Waals surface area (Å²) in [4.78, 5) is 21.6. The van der Waals surface area contributed by atoms with Crippen molar-refractivity contribution in [2.45, 2.75) is 25.9 Å². The maximum absolute atomic E-state index is 11.8. The van der Waals surface area contributed by atoms with Gasteiger partial charge in [-0.1, -0.05) is 40.6 Å². The van der Waals surface area contributed by atoms with Crippen LogP contribution in [0, 0.1) is 0 Å². The first-order valence-electron chi connectivity index (χ1n) is 5.62. The number of hydrogen-bond acceptors (Lipinski definition) is 5. The van der Waals surface area contributed by atoms with Crippen molar-refractivity contribution in [3.05, 3.63) is 35.9 Å². The van der Waals surface area contributed by atoms with Gasteiger partial charge in [-0.05, 0) is 19.4 Å². The molecule has 0 amide bonds. The van der Waals surface area contributed by atoms with Crippen LogP contribution in [0.25, 0.3) is 0 Å². The van der Waals surface area contributed by atoms with E-state index < -0.39 is 11.6 Å². The molecule has 0 fully saturated rings. The average Bonchev–Trinajstić information content (AvgIpc) is 2.72. The van der Waals surface area contributed by atoms with Gasteiger partial charge in [-0.3, -0.25) is 0 Å². The fourth-order valence-electron chi connectivity index (χ4n) is 1.61. The Balaban J connectivity index is 1.91. The summed E-state index contributed by atoms with van der Waals surface area (Å²) in [7, 11) is 0. The van der Waals surface area contributed by atoms with E-state index in [9.17, 15) is 4.79 Å². The van der Waals surface area contributed by atoms with Gasteiger partial charge < -0.3 is 9.68 Å². The molecule has 0 radical (unpaired) electrons. The van der Waals surface area contributed by atoms with E-state index in [-0.39, 0.29) is 0 Å². The van der Waals surface area contributed by atoms with E-state index in [1.165, 1.54) is 6.21 Å². The van der Waals surface area contributed by atoms with Crippen LogP contribution in [0.15, 0.2) is 40.6 Å². The molecule has 0 aliphatic carbocycles. The highest BCUT2D eigenvalue weighted by Gasteiger charge is 2.42. The molecule has 1 unspecified atom stereocenters. The van der Waals surface area contributed by atoms with Gasteiger partial charge in [0.1, 0.15) is 0 Å². The first-order valence-corrected chi connectivity index (χ1v) is 5.62. The molecule has 5 heteroatoms. The van der Waals surface area contributed by atoms with Crippen molar-refractivity contribution in [3.8, 4) is 0 Å². The largest absolute Gasteiger partial charge is 0.381 e. The third-order valence-electron chi connectivity index (χ3n) is 2.56. The van der Waals surface area contributed by atoms with Crippen LogP contribution in [0.5, 0.6) is 0 Å². The minimum Gasteiger partial charge on any atom is -0.377 e. The third kappa shape index (κ3) is 2.74. The zero-order valence-electron chi connectivity index (χ0n) is 10.3. The molecule has 5 nitrogen and oxygen atoms in total. The molecular formula is C13H14N2O3. The van der Waals surface area contributed by atoms with Crippen molar-refractivity contribution in [2.24, 2.45) is 10.3 Å². The lowest BCUT2D eigenvalue weighted by molar-refractivity contribution is -0.167. The van der Waals surface area contributed by atoms with E-state index in [0.717, 1.165) is 11.3 Å². The summed E-state index contributed by atoms with van der Waals surface area (Å²) >= 11 is 0. The van der Waals surface area contributed by atoms with Gasteiger partial charge in [0, 0.05) is 6.42 Å². The molecule has 0 saturated heterocycles. The fourth-order valence-corrected chi connectivity index (χ4v) is 1.61. The van der Waals surface area contributed by atoms with Crippen LogP contribution in [0.1, 0.15) is 25.8 Å². The minimum atomic E-state index is -1.06. The molecule has 0 N–H and O–H groups in total. The number of nitrogens with zero attached hydrogens (tertiary/aromatic N) is 2. The van der Waals surface area contributed by atoms with Crippen molar-refractivity contribution in [1.29, 1.82) is 0 Å². The fraction of sp³-hybridized carbons (Fsp3) is 0.308. The van der Waals surface area contributed by atoms with Gasteiger partial charge in [0.05, 0.1) is 11.9 Å². The van der Waals surface area contributed by atoms with Crippen LogP contribution in [-0.4, -0.2) is 23.5 Å². The van der Waals surface area contributed by atoms with Gasteiger partial charge in [0.2, 0.25) is 5.60 Å². The van der Waals surface area contributed by atoms with Gasteiger partial charge in [0.25, 0.3) is 0 Å². The van der Waals surface area contributed by atoms with Crippen LogP contribution in [-0.2, 0) is 14.5 Å². The summed E-state index contributed by atoms with van der Waals surface area (Å²) in [5, 5.41) is 7.39. The standard InChI is InChI=1S/C13H14N2O3/c1-10-8-13(2,18-15-10)12(16)17-14-9-11-6-4-3-5-7-11/h3-7,9H,8H2,1-2H3/b14-9+. The second-order valence-corrected chi connectivity index (χ2v) is 4.35. The Hall–Kier alpha value is -2.17. The smallest absolute Gasteiger partial charge is 0.377 e. The predicted octanol–water partition coefficient (Wildman–Crippen LogP) is 2.12. The van der Waals surface area contributed by atoms with Gasteiger partial charge in [-0.25, -0.2) is 4.79 Å². The number of carbonyl (C=O) groups is 1. The van der Waals surface area contributed by atoms with Crippen LogP contribution in [0.3, 0.4) is 0 Å². The summed E-state index contributed by atoms with van der Waals surface area (Å²) < 4.78 is 0. The zero-order chi connectivity index (χ0) is 13.0. The predicted molar refractivity (Wildman–Crippen MR) is 67.3 cm³/mol. The van der Waals surface area contributed by atoms with E-state index in [4.69, 9.17) is 9.68 Å². The van der Waals surface area contributed by atoms with Crippen molar-refractivity contribution < 1.29 is 14.5 Å². The van der Waals surface area contributed by atoms with E-state index in [0.29, 0.717) is 6.42 Å². The van der Waals surface area contributed by atoms with Crippen molar-refractivity contribution in [2.75, 3.05) is 0 Å². The lowest BCUT2D eigenvalue weighted by Crippen LogP contribution is -2.36.